The van der Waals surface area contributed by atoms with Crippen LogP contribution in [-0.2, 0) is 92.7 Å². The number of rotatable bonds is 1. The number of aliphatic hydroxyl groups excluding tert-OH is 2. The van der Waals surface area contributed by atoms with Gasteiger partial charge in [-0.2, -0.15) is 0 Å². The van der Waals surface area contributed by atoms with Gasteiger partial charge in [-0.3, -0.25) is 0 Å². The number of carboxylic acids is 10. The number of aliphatic hydroxyl groups is 2. The van der Waals surface area contributed by atoms with Crippen molar-refractivity contribution < 1.29 is 154 Å². The molecule has 0 aromatic carbocycles. The van der Waals surface area contributed by atoms with E-state index in [-0.39, 0.29) is 58.0 Å². The van der Waals surface area contributed by atoms with Crippen LogP contribution in [0.3, 0.4) is 0 Å². The Hall–Kier alpha value is -3.90. The van der Waals surface area contributed by atoms with E-state index in [4.69, 9.17) is 109 Å². The molecule has 2 N–H and O–H groups in total. The topological polar surface area (TPSA) is 442 Å². The minimum absolute atomic E-state index is 0. The fourth-order valence-corrected chi connectivity index (χ4v) is 0. The van der Waals surface area contributed by atoms with Crippen molar-refractivity contribution in [3.63, 3.8) is 0 Å². The summed E-state index contributed by atoms with van der Waals surface area (Å²) in [5.41, 5.74) is 0. The molecular formula is C12H6Nb2O22. The molecule has 0 aliphatic rings. The summed E-state index contributed by atoms with van der Waals surface area (Å²) in [6, 6.07) is 0. The zero-order valence-electron chi connectivity index (χ0n) is 16.4. The van der Waals surface area contributed by atoms with E-state index in [9.17, 15) is 0 Å². The molecule has 0 bridgehead atoms. The third-order valence-electron chi connectivity index (χ3n) is 0.933. The Morgan fingerprint density at radius 2 is 0.361 bits per heavy atom. The molecule has 24 heteroatoms. The van der Waals surface area contributed by atoms with Crippen LogP contribution >= 0.6 is 0 Å². The third kappa shape index (κ3) is 87.2. The molecule has 0 saturated carbocycles. The summed E-state index contributed by atoms with van der Waals surface area (Å²) in [5, 5.41) is 105. The van der Waals surface area contributed by atoms with Crippen molar-refractivity contribution in [3.05, 3.63) is 0 Å². The fourth-order valence-electron chi connectivity index (χ4n) is 0. The van der Waals surface area contributed by atoms with Crippen LogP contribution < -0.4 is 51.1 Å². The zero-order valence-corrected chi connectivity index (χ0v) is 20.8. The molecule has 0 heterocycles. The van der Waals surface area contributed by atoms with Crippen molar-refractivity contribution in [2.75, 3.05) is 13.2 Å². The van der Waals surface area contributed by atoms with E-state index in [0.29, 0.717) is 0 Å². The largest absolute Gasteiger partial charge is 5.00 e. The van der Waals surface area contributed by atoms with Gasteiger partial charge in [0.15, 0.2) is 0 Å². The van der Waals surface area contributed by atoms with Crippen LogP contribution in [0.2, 0.25) is 0 Å². The summed E-state index contributed by atoms with van der Waals surface area (Å²) in [6.45, 7) is -0.250. The minimum atomic E-state index is -2.19. The molecule has 0 spiro atoms. The molecule has 0 atom stereocenters. The maximum atomic E-state index is 8.93. The van der Waals surface area contributed by atoms with Gasteiger partial charge in [0.2, 0.25) is 0 Å². The van der Waals surface area contributed by atoms with Crippen LogP contribution in [0.1, 0.15) is 0 Å². The molecular weight excluding hydrogens is 682 g/mol. The van der Waals surface area contributed by atoms with Gasteiger partial charge in [-0.05, 0) is 0 Å². The molecule has 0 unspecified atom stereocenters. The van der Waals surface area contributed by atoms with Gasteiger partial charge >= 0.3 is 44.8 Å². The second-order valence-electron chi connectivity index (χ2n) is 3.32. The second kappa shape index (κ2) is 35.7. The predicted molar refractivity (Wildman–Crippen MR) is 64.2 cm³/mol. The number of carbonyl (C=O) groups excluding carboxylic acids is 10. The molecule has 0 aliphatic carbocycles. The van der Waals surface area contributed by atoms with Crippen LogP contribution in [0.5, 0.6) is 0 Å². The Bertz CT molecular complexity index is 540. The smallest absolute Gasteiger partial charge is 0.543 e. The normalized spacial score (nSPS) is 6.94. The standard InChI is InChI=1S/5C2H2O4.C2H6O2.2Nb/c5*3-1(4)2(5)6;3-1-2-4;;/h5*(H,3,4)(H,5,6);3-4H,1-2H2;;/q;;;;;;2*+5/p-10. The summed E-state index contributed by atoms with van der Waals surface area (Å²) >= 11 is 0. The molecule has 0 aliphatic heterocycles. The molecule has 0 rings (SSSR count). The molecule has 0 aromatic rings. The van der Waals surface area contributed by atoms with Crippen molar-refractivity contribution in [1.29, 1.82) is 0 Å². The predicted octanol–water partition coefficient (Wildman–Crippen LogP) is -18.6. The molecule has 0 fully saturated rings. The number of carboxylic acid groups (broad SMARTS) is 10. The third-order valence-corrected chi connectivity index (χ3v) is 0.933. The Morgan fingerprint density at radius 1 is 0.306 bits per heavy atom. The van der Waals surface area contributed by atoms with E-state index in [0.717, 1.165) is 0 Å². The molecule has 0 amide bonds. The summed E-state index contributed by atoms with van der Waals surface area (Å²) in [4.78, 5) is 89.3. The van der Waals surface area contributed by atoms with Gasteiger partial charge in [0.1, 0.15) is 0 Å². The molecule has 0 saturated heterocycles. The molecule has 0 aromatic heterocycles. The van der Waals surface area contributed by atoms with E-state index in [2.05, 4.69) is 0 Å². The maximum Gasteiger partial charge on any atom is 5.00 e. The quantitative estimate of drug-likeness (QED) is 0.191. The second-order valence-corrected chi connectivity index (χ2v) is 3.32. The fraction of sp³-hybridized carbons (Fsp3) is 0.167. The van der Waals surface area contributed by atoms with Gasteiger partial charge in [0.05, 0.1) is 72.9 Å². The van der Waals surface area contributed by atoms with Gasteiger partial charge in [-0.15, -0.1) is 0 Å². The van der Waals surface area contributed by atoms with Gasteiger partial charge < -0.3 is 109 Å². The van der Waals surface area contributed by atoms with E-state index >= 15 is 0 Å². The van der Waals surface area contributed by atoms with E-state index < -0.39 is 59.7 Å². The zero-order chi connectivity index (χ0) is 29.2. The molecule has 36 heavy (non-hydrogen) atoms. The van der Waals surface area contributed by atoms with Crippen LogP contribution in [0.15, 0.2) is 0 Å². The Kier molecular flexibility index (Phi) is 53.0. The van der Waals surface area contributed by atoms with Crippen LogP contribution in [0.4, 0.5) is 0 Å². The number of hydrogen-bond donors (Lipinski definition) is 2. The summed E-state index contributed by atoms with van der Waals surface area (Å²) in [7, 11) is 0. The first-order valence-electron chi connectivity index (χ1n) is 6.46. The Morgan fingerprint density at radius 3 is 0.361 bits per heavy atom. The molecule has 22 nitrogen and oxygen atoms in total. The summed E-state index contributed by atoms with van der Waals surface area (Å²) in [6.07, 6.45) is 0. The van der Waals surface area contributed by atoms with Gasteiger partial charge in [0, 0.05) is 0 Å². The number of aliphatic carboxylic acids is 10. The van der Waals surface area contributed by atoms with E-state index in [1.165, 1.54) is 0 Å². The van der Waals surface area contributed by atoms with Crippen LogP contribution in [0, 0.1) is 0 Å². The molecule has 196 valence electrons. The monoisotopic (exact) mass is 688 g/mol. The Balaban J connectivity index is -0.0000000433. The summed E-state index contributed by atoms with van der Waals surface area (Å²) in [5.74, 6) is -21.9. The SMILES string of the molecule is O=C([O-])C(=O)[O-].O=C([O-])C(=O)[O-].O=C([O-])C(=O)[O-].O=C([O-])C(=O)[O-].O=C([O-])C(=O)[O-].OCCO.[Nb+5].[Nb+5]. The van der Waals surface area contributed by atoms with E-state index in [1.54, 1.807) is 0 Å². The minimum Gasteiger partial charge on any atom is -0.543 e. The first-order valence-corrected chi connectivity index (χ1v) is 6.46. The maximum absolute atomic E-state index is 8.93. The van der Waals surface area contributed by atoms with Crippen molar-refractivity contribution in [3.8, 4) is 0 Å². The number of carbonyl (C=O) groups is 10. The van der Waals surface area contributed by atoms with Crippen LogP contribution in [0.25, 0.3) is 0 Å². The average molecular weight is 688 g/mol. The van der Waals surface area contributed by atoms with Crippen LogP contribution in [-0.4, -0.2) is 83.1 Å². The van der Waals surface area contributed by atoms with Crippen molar-refractivity contribution >= 4 is 59.7 Å². The van der Waals surface area contributed by atoms with Crippen molar-refractivity contribution in [2.45, 2.75) is 0 Å². The van der Waals surface area contributed by atoms with E-state index in [1.807, 2.05) is 0 Å². The van der Waals surface area contributed by atoms with Gasteiger partial charge in [0.25, 0.3) is 0 Å². The Labute approximate surface area is 226 Å². The van der Waals surface area contributed by atoms with Gasteiger partial charge in [-0.1, -0.05) is 0 Å². The van der Waals surface area contributed by atoms with Crippen molar-refractivity contribution in [2.24, 2.45) is 0 Å². The first kappa shape index (κ1) is 53.5. The first-order chi connectivity index (χ1) is 15.1. The van der Waals surface area contributed by atoms with Crippen molar-refractivity contribution in [1.82, 2.24) is 0 Å². The summed E-state index contributed by atoms with van der Waals surface area (Å²) < 4.78 is 0. The van der Waals surface area contributed by atoms with Gasteiger partial charge in [-0.25, -0.2) is 0 Å². The molecule has 0 radical (unpaired) electrons. The number of hydrogen-bond acceptors (Lipinski definition) is 22. The average Bonchev–Trinajstić information content (AvgIpc) is 2.69.